The van der Waals surface area contributed by atoms with Gasteiger partial charge in [0.15, 0.2) is 5.82 Å². The molecule has 1 fully saturated rings. The van der Waals surface area contributed by atoms with Gasteiger partial charge in [-0.2, -0.15) is 0 Å². The molecule has 7 heteroatoms. The van der Waals surface area contributed by atoms with Gasteiger partial charge in [0.2, 0.25) is 0 Å². The van der Waals surface area contributed by atoms with E-state index in [4.69, 9.17) is 9.47 Å². The number of anilines is 1. The molecule has 1 N–H and O–H groups in total. The Balaban J connectivity index is 1.90. The minimum Gasteiger partial charge on any atom is -0.380 e. The SMILES string of the molecule is CNc1cc(C)nc(C2COCCN2C(=O)c2cccc(COC)c2)n1. The second kappa shape index (κ2) is 8.25. The van der Waals surface area contributed by atoms with Crippen LogP contribution in [0.2, 0.25) is 0 Å². The van der Waals surface area contributed by atoms with E-state index in [1.54, 1.807) is 12.0 Å². The van der Waals surface area contributed by atoms with Crippen LogP contribution in [0.3, 0.4) is 0 Å². The molecule has 2 heterocycles. The predicted octanol–water partition coefficient (Wildman–Crippen LogP) is 2.19. The van der Waals surface area contributed by atoms with E-state index in [1.807, 2.05) is 44.3 Å². The molecule has 0 saturated carbocycles. The summed E-state index contributed by atoms with van der Waals surface area (Å²) in [4.78, 5) is 24.0. The fourth-order valence-corrected chi connectivity index (χ4v) is 3.06. The molecule has 0 radical (unpaired) electrons. The number of morpholine rings is 1. The van der Waals surface area contributed by atoms with E-state index in [9.17, 15) is 4.79 Å². The highest BCUT2D eigenvalue weighted by atomic mass is 16.5. The number of amides is 1. The van der Waals surface area contributed by atoms with Crippen molar-refractivity contribution in [3.05, 3.63) is 53.0 Å². The average Bonchev–Trinajstić information content (AvgIpc) is 2.67. The van der Waals surface area contributed by atoms with Crippen LogP contribution in [-0.2, 0) is 16.1 Å². The van der Waals surface area contributed by atoms with Crippen LogP contribution < -0.4 is 5.32 Å². The number of aromatic nitrogens is 2. The van der Waals surface area contributed by atoms with E-state index < -0.39 is 0 Å². The first-order valence-electron chi connectivity index (χ1n) is 8.62. The molecule has 0 spiro atoms. The van der Waals surface area contributed by atoms with Crippen molar-refractivity contribution in [2.75, 3.05) is 39.2 Å². The number of hydrogen-bond donors (Lipinski definition) is 1. The van der Waals surface area contributed by atoms with Gasteiger partial charge in [0.25, 0.3) is 5.91 Å². The molecule has 26 heavy (non-hydrogen) atoms. The van der Waals surface area contributed by atoms with Crippen molar-refractivity contribution in [1.29, 1.82) is 0 Å². The Hall–Kier alpha value is -2.51. The Bertz CT molecular complexity index is 781. The normalized spacial score (nSPS) is 17.2. The lowest BCUT2D eigenvalue weighted by Gasteiger charge is -2.35. The van der Waals surface area contributed by atoms with Gasteiger partial charge in [-0.1, -0.05) is 12.1 Å². The first-order chi connectivity index (χ1) is 12.6. The average molecular weight is 356 g/mol. The summed E-state index contributed by atoms with van der Waals surface area (Å²) in [6.07, 6.45) is 0. The van der Waals surface area contributed by atoms with Crippen molar-refractivity contribution >= 4 is 11.7 Å². The van der Waals surface area contributed by atoms with E-state index in [0.29, 0.717) is 37.8 Å². The van der Waals surface area contributed by atoms with Gasteiger partial charge in [-0.05, 0) is 24.6 Å². The zero-order valence-corrected chi connectivity index (χ0v) is 15.4. The number of benzene rings is 1. The minimum atomic E-state index is -0.311. The highest BCUT2D eigenvalue weighted by Crippen LogP contribution is 2.25. The van der Waals surface area contributed by atoms with Crippen LogP contribution in [0.1, 0.15) is 33.5 Å². The number of ether oxygens (including phenoxy) is 2. The Morgan fingerprint density at radius 3 is 3.00 bits per heavy atom. The number of methoxy groups -OCH3 is 1. The second-order valence-electron chi connectivity index (χ2n) is 6.23. The van der Waals surface area contributed by atoms with Crippen molar-refractivity contribution < 1.29 is 14.3 Å². The number of rotatable bonds is 5. The predicted molar refractivity (Wildman–Crippen MR) is 98.1 cm³/mol. The molecule has 1 aromatic carbocycles. The number of nitrogens with one attached hydrogen (secondary N) is 1. The third-order valence-corrected chi connectivity index (χ3v) is 4.30. The summed E-state index contributed by atoms with van der Waals surface area (Å²) in [6, 6.07) is 9.07. The van der Waals surface area contributed by atoms with Crippen LogP contribution in [0.15, 0.2) is 30.3 Å². The number of hydrogen-bond acceptors (Lipinski definition) is 6. The molecule has 138 valence electrons. The van der Waals surface area contributed by atoms with Crippen LogP contribution in [-0.4, -0.2) is 54.7 Å². The van der Waals surface area contributed by atoms with E-state index in [1.165, 1.54) is 0 Å². The topological polar surface area (TPSA) is 76.6 Å². The molecule has 3 rings (SSSR count). The lowest BCUT2D eigenvalue weighted by atomic mass is 10.1. The minimum absolute atomic E-state index is 0.0487. The maximum Gasteiger partial charge on any atom is 0.254 e. The molecule has 2 aromatic rings. The Labute approximate surface area is 153 Å². The molecule has 1 aromatic heterocycles. The second-order valence-corrected chi connectivity index (χ2v) is 6.23. The summed E-state index contributed by atoms with van der Waals surface area (Å²) in [6.45, 7) is 3.78. The summed E-state index contributed by atoms with van der Waals surface area (Å²) in [7, 11) is 3.45. The summed E-state index contributed by atoms with van der Waals surface area (Å²) >= 11 is 0. The quantitative estimate of drug-likeness (QED) is 0.885. The fraction of sp³-hybridized carbons (Fsp3) is 0.421. The van der Waals surface area contributed by atoms with Crippen LogP contribution in [0.25, 0.3) is 0 Å². The number of carbonyl (C=O) groups excluding carboxylic acids is 1. The molecule has 1 unspecified atom stereocenters. The van der Waals surface area contributed by atoms with E-state index in [0.717, 1.165) is 17.1 Å². The molecule has 1 atom stereocenters. The van der Waals surface area contributed by atoms with E-state index in [-0.39, 0.29) is 11.9 Å². The molecule has 1 aliphatic rings. The monoisotopic (exact) mass is 356 g/mol. The molecule has 1 amide bonds. The van der Waals surface area contributed by atoms with Crippen molar-refractivity contribution in [3.63, 3.8) is 0 Å². The third-order valence-electron chi connectivity index (χ3n) is 4.30. The summed E-state index contributed by atoms with van der Waals surface area (Å²) < 4.78 is 10.8. The highest BCUT2D eigenvalue weighted by Gasteiger charge is 2.31. The lowest BCUT2D eigenvalue weighted by molar-refractivity contribution is -0.00524. The Kier molecular flexibility index (Phi) is 5.80. The van der Waals surface area contributed by atoms with Gasteiger partial charge in [-0.15, -0.1) is 0 Å². The van der Waals surface area contributed by atoms with Crippen LogP contribution >= 0.6 is 0 Å². The largest absolute Gasteiger partial charge is 0.380 e. The first-order valence-corrected chi connectivity index (χ1v) is 8.62. The zero-order chi connectivity index (χ0) is 18.5. The maximum atomic E-state index is 13.1. The maximum absolute atomic E-state index is 13.1. The standard InChI is InChI=1S/C19H24N4O3/c1-13-9-17(20-2)22-18(21-13)16-12-26-8-7-23(16)19(24)15-6-4-5-14(10-15)11-25-3/h4-6,9-10,16H,7-8,11-12H2,1-3H3,(H,20,21,22). The summed E-state index contributed by atoms with van der Waals surface area (Å²) in [5, 5.41) is 3.04. The molecular formula is C19H24N4O3. The fourth-order valence-electron chi connectivity index (χ4n) is 3.06. The van der Waals surface area contributed by atoms with Crippen molar-refractivity contribution in [2.45, 2.75) is 19.6 Å². The summed E-state index contributed by atoms with van der Waals surface area (Å²) in [5.74, 6) is 1.27. The Morgan fingerprint density at radius 1 is 1.38 bits per heavy atom. The van der Waals surface area contributed by atoms with Gasteiger partial charge in [-0.25, -0.2) is 9.97 Å². The number of aryl methyl sites for hydroxylation is 1. The van der Waals surface area contributed by atoms with Gasteiger partial charge < -0.3 is 19.7 Å². The number of nitrogens with zero attached hydrogens (tertiary/aromatic N) is 3. The molecule has 1 aliphatic heterocycles. The first kappa shape index (κ1) is 18.3. The smallest absolute Gasteiger partial charge is 0.254 e. The lowest BCUT2D eigenvalue weighted by Crippen LogP contribution is -2.44. The van der Waals surface area contributed by atoms with Crippen molar-refractivity contribution in [3.8, 4) is 0 Å². The van der Waals surface area contributed by atoms with Crippen LogP contribution in [0, 0.1) is 6.92 Å². The van der Waals surface area contributed by atoms with Gasteiger partial charge >= 0.3 is 0 Å². The van der Waals surface area contributed by atoms with Gasteiger partial charge in [0, 0.05) is 38.0 Å². The van der Waals surface area contributed by atoms with E-state index >= 15 is 0 Å². The van der Waals surface area contributed by atoms with Crippen LogP contribution in [0.5, 0.6) is 0 Å². The number of carbonyl (C=O) groups is 1. The van der Waals surface area contributed by atoms with E-state index in [2.05, 4.69) is 15.3 Å². The molecule has 1 saturated heterocycles. The van der Waals surface area contributed by atoms with Gasteiger partial charge in [0.1, 0.15) is 11.9 Å². The molecule has 0 aliphatic carbocycles. The summed E-state index contributed by atoms with van der Waals surface area (Å²) in [5.41, 5.74) is 2.44. The van der Waals surface area contributed by atoms with Crippen molar-refractivity contribution in [2.24, 2.45) is 0 Å². The Morgan fingerprint density at radius 2 is 2.23 bits per heavy atom. The molecule has 0 bridgehead atoms. The molecule has 7 nitrogen and oxygen atoms in total. The third kappa shape index (κ3) is 4.00. The zero-order valence-electron chi connectivity index (χ0n) is 15.4. The van der Waals surface area contributed by atoms with Crippen LogP contribution in [0.4, 0.5) is 5.82 Å². The van der Waals surface area contributed by atoms with Gasteiger partial charge in [-0.3, -0.25) is 4.79 Å². The van der Waals surface area contributed by atoms with Gasteiger partial charge in [0.05, 0.1) is 19.8 Å². The molecular weight excluding hydrogens is 332 g/mol. The van der Waals surface area contributed by atoms with Crippen molar-refractivity contribution in [1.82, 2.24) is 14.9 Å². The highest BCUT2D eigenvalue weighted by molar-refractivity contribution is 5.94.